The molecule has 0 saturated carbocycles. The molecule has 0 aromatic carbocycles. The molecule has 0 radical (unpaired) electrons. The molecule has 2 fully saturated rings. The minimum absolute atomic E-state index is 0. The molecule has 0 spiro atoms. The van der Waals surface area contributed by atoms with Gasteiger partial charge in [0.1, 0.15) is 11.2 Å². The molecule has 4 rings (SSSR count). The summed E-state index contributed by atoms with van der Waals surface area (Å²) in [5, 5.41) is 17.7. The SMILES string of the molecule is C.CC(C)(C)OC(=O)N1CCN(c2nnc(Cl)c(N)n2)CC1.CC(C)(C)OC(=O)N1CCNCC1.Nc1nc(Cl)nnc1Cl. The zero-order valence-corrected chi connectivity index (χ0v) is 27.4. The lowest BCUT2D eigenvalue weighted by Gasteiger charge is -2.35. The molecule has 2 aromatic rings. The van der Waals surface area contributed by atoms with Crippen LogP contribution in [-0.2, 0) is 9.47 Å². The number of nitrogen functional groups attached to an aromatic ring is 2. The highest BCUT2D eigenvalue weighted by Gasteiger charge is 2.27. The summed E-state index contributed by atoms with van der Waals surface area (Å²) in [6, 6.07) is 0. The van der Waals surface area contributed by atoms with Crippen molar-refractivity contribution in [2.75, 3.05) is 68.7 Å². The van der Waals surface area contributed by atoms with Gasteiger partial charge in [0.05, 0.1) is 0 Å². The smallest absolute Gasteiger partial charge is 0.410 e. The molecule has 44 heavy (non-hydrogen) atoms. The number of nitrogens with two attached hydrogens (primary N) is 2. The number of nitrogens with one attached hydrogen (secondary N) is 1. The highest BCUT2D eigenvalue weighted by Crippen LogP contribution is 2.18. The molecule has 2 amide bonds. The molecular formula is C25H43Cl3N12O4. The molecule has 0 aliphatic carbocycles. The van der Waals surface area contributed by atoms with E-state index in [1.54, 1.807) is 9.80 Å². The van der Waals surface area contributed by atoms with Gasteiger partial charge in [-0.25, -0.2) is 9.59 Å². The molecule has 4 heterocycles. The number of piperazine rings is 2. The molecule has 248 valence electrons. The largest absolute Gasteiger partial charge is 0.444 e. The van der Waals surface area contributed by atoms with E-state index in [1.807, 2.05) is 46.4 Å². The predicted octanol–water partition coefficient (Wildman–Crippen LogP) is 3.39. The normalized spacial score (nSPS) is 15.1. The first-order valence-electron chi connectivity index (χ1n) is 13.3. The first-order chi connectivity index (χ1) is 19.9. The second kappa shape index (κ2) is 17.3. The van der Waals surface area contributed by atoms with Gasteiger partial charge in [0, 0.05) is 52.4 Å². The second-order valence-electron chi connectivity index (χ2n) is 11.2. The van der Waals surface area contributed by atoms with Gasteiger partial charge in [-0.3, -0.25) is 0 Å². The monoisotopic (exact) mass is 680 g/mol. The average Bonchev–Trinajstić information content (AvgIpc) is 2.92. The van der Waals surface area contributed by atoms with Crippen molar-refractivity contribution >= 4 is 64.6 Å². The molecule has 19 heteroatoms. The maximum atomic E-state index is 12.0. The molecule has 2 aliphatic heterocycles. The van der Waals surface area contributed by atoms with Crippen molar-refractivity contribution in [3.63, 3.8) is 0 Å². The third-order valence-corrected chi connectivity index (χ3v) is 5.98. The summed E-state index contributed by atoms with van der Waals surface area (Å²) >= 11 is 16.4. The van der Waals surface area contributed by atoms with Crippen molar-refractivity contribution in [1.82, 2.24) is 45.5 Å². The Balaban J connectivity index is 0.000000359. The molecular weight excluding hydrogens is 639 g/mol. The van der Waals surface area contributed by atoms with Crippen molar-refractivity contribution < 1.29 is 19.1 Å². The van der Waals surface area contributed by atoms with Crippen LogP contribution in [0.1, 0.15) is 49.0 Å². The van der Waals surface area contributed by atoms with Crippen molar-refractivity contribution in [3.8, 4) is 0 Å². The fourth-order valence-electron chi connectivity index (χ4n) is 3.34. The van der Waals surface area contributed by atoms with Crippen LogP contribution in [0.15, 0.2) is 0 Å². The Morgan fingerprint density at radius 1 is 0.705 bits per heavy atom. The number of ether oxygens (including phenoxy) is 2. The van der Waals surface area contributed by atoms with Crippen LogP contribution in [0.5, 0.6) is 0 Å². The Bertz CT molecular complexity index is 1220. The summed E-state index contributed by atoms with van der Waals surface area (Å²) in [5.41, 5.74) is 9.93. The fourth-order valence-corrected chi connectivity index (χ4v) is 3.63. The Labute approximate surface area is 273 Å². The fraction of sp³-hybridized carbons (Fsp3) is 0.680. The number of hydrogen-bond acceptors (Lipinski definition) is 14. The zero-order chi connectivity index (χ0) is 32.4. The standard InChI is InChI=1S/C12H19ClN6O2.C9H18N2O2.C3H2Cl2N4.CH4/c1-12(2,3)21-11(20)19-6-4-18(5-7-19)10-15-9(14)8(13)16-17-10;1-9(2,3)13-8(12)11-6-4-10-5-7-11;4-1-2(6)7-3(5)9-8-1;/h4-7H2,1-3H3,(H2,14,15,17);10H,4-7H2,1-3H3;(H2,6,7,9);1H4. The van der Waals surface area contributed by atoms with Crippen LogP contribution in [-0.4, -0.2) is 116 Å². The van der Waals surface area contributed by atoms with Crippen LogP contribution >= 0.6 is 34.8 Å². The van der Waals surface area contributed by atoms with Gasteiger partial charge in [-0.05, 0) is 53.1 Å². The molecule has 2 aromatic heterocycles. The first kappa shape index (κ1) is 38.8. The van der Waals surface area contributed by atoms with Gasteiger partial charge in [-0.2, -0.15) is 9.97 Å². The number of amides is 2. The van der Waals surface area contributed by atoms with Gasteiger partial charge in [-0.1, -0.05) is 30.6 Å². The lowest BCUT2D eigenvalue weighted by molar-refractivity contribution is 0.0223. The van der Waals surface area contributed by atoms with Crippen molar-refractivity contribution in [2.45, 2.75) is 60.2 Å². The van der Waals surface area contributed by atoms with E-state index in [0.717, 1.165) is 26.2 Å². The van der Waals surface area contributed by atoms with Crippen LogP contribution < -0.4 is 21.7 Å². The number of carbonyl (C=O) groups is 2. The van der Waals surface area contributed by atoms with Crippen molar-refractivity contribution in [2.24, 2.45) is 0 Å². The Kier molecular flexibility index (Phi) is 15.3. The number of rotatable bonds is 1. The number of halogens is 3. The van der Waals surface area contributed by atoms with Crippen LogP contribution in [0.2, 0.25) is 15.6 Å². The highest BCUT2D eigenvalue weighted by atomic mass is 35.5. The molecule has 16 nitrogen and oxygen atoms in total. The number of nitrogens with zero attached hydrogens (tertiary/aromatic N) is 9. The average molecular weight is 682 g/mol. The minimum atomic E-state index is -0.494. The van der Waals surface area contributed by atoms with E-state index in [1.165, 1.54) is 0 Å². The highest BCUT2D eigenvalue weighted by molar-refractivity contribution is 6.32. The molecule has 2 aliphatic rings. The Morgan fingerprint density at radius 3 is 1.55 bits per heavy atom. The van der Waals surface area contributed by atoms with Crippen molar-refractivity contribution in [1.29, 1.82) is 0 Å². The van der Waals surface area contributed by atoms with E-state index in [4.69, 9.17) is 55.7 Å². The lowest BCUT2D eigenvalue weighted by atomic mass is 10.2. The van der Waals surface area contributed by atoms with E-state index in [2.05, 4.69) is 35.7 Å². The number of aromatic nitrogens is 6. The Morgan fingerprint density at radius 2 is 1.14 bits per heavy atom. The van der Waals surface area contributed by atoms with E-state index in [0.29, 0.717) is 32.1 Å². The number of carbonyl (C=O) groups excluding carboxylic acids is 2. The van der Waals surface area contributed by atoms with Gasteiger partial charge in [-0.15, -0.1) is 20.4 Å². The summed E-state index contributed by atoms with van der Waals surface area (Å²) in [7, 11) is 0. The predicted molar refractivity (Wildman–Crippen MR) is 171 cm³/mol. The molecule has 0 atom stereocenters. The third-order valence-electron chi connectivity index (χ3n) is 5.29. The molecule has 5 N–H and O–H groups in total. The summed E-state index contributed by atoms with van der Waals surface area (Å²) in [6.07, 6.45) is -0.509. The van der Waals surface area contributed by atoms with Crippen molar-refractivity contribution in [3.05, 3.63) is 15.6 Å². The van der Waals surface area contributed by atoms with E-state index in [-0.39, 0.29) is 52.4 Å². The summed E-state index contributed by atoms with van der Waals surface area (Å²) in [6.45, 7) is 16.6. The summed E-state index contributed by atoms with van der Waals surface area (Å²) in [4.78, 5) is 36.4. The first-order valence-corrected chi connectivity index (χ1v) is 14.5. The van der Waals surface area contributed by atoms with Gasteiger partial charge in [0.25, 0.3) is 0 Å². The third kappa shape index (κ3) is 14.1. The van der Waals surface area contributed by atoms with E-state index < -0.39 is 5.60 Å². The minimum Gasteiger partial charge on any atom is -0.444 e. The topological polar surface area (TPSA) is 204 Å². The summed E-state index contributed by atoms with van der Waals surface area (Å²) < 4.78 is 10.6. The van der Waals surface area contributed by atoms with Gasteiger partial charge in [0.15, 0.2) is 21.9 Å². The van der Waals surface area contributed by atoms with Gasteiger partial charge >= 0.3 is 12.2 Å². The summed E-state index contributed by atoms with van der Waals surface area (Å²) in [5.74, 6) is 0.661. The molecule has 2 saturated heterocycles. The maximum Gasteiger partial charge on any atom is 0.410 e. The lowest BCUT2D eigenvalue weighted by Crippen LogP contribution is -2.50. The Hall–Kier alpha value is -3.21. The molecule has 0 bridgehead atoms. The van der Waals surface area contributed by atoms with Crippen LogP contribution in [0, 0.1) is 0 Å². The van der Waals surface area contributed by atoms with E-state index in [9.17, 15) is 9.59 Å². The molecule has 0 unspecified atom stereocenters. The van der Waals surface area contributed by atoms with E-state index >= 15 is 0 Å². The second-order valence-corrected chi connectivity index (χ2v) is 12.3. The maximum absolute atomic E-state index is 12.0. The quantitative estimate of drug-likeness (QED) is 0.395. The van der Waals surface area contributed by atoms with Gasteiger partial charge < -0.3 is 41.0 Å². The van der Waals surface area contributed by atoms with Crippen LogP contribution in [0.4, 0.5) is 27.2 Å². The van der Waals surface area contributed by atoms with Crippen LogP contribution in [0.3, 0.4) is 0 Å². The number of anilines is 3. The van der Waals surface area contributed by atoms with Crippen LogP contribution in [0.25, 0.3) is 0 Å². The zero-order valence-electron chi connectivity index (χ0n) is 25.1. The van der Waals surface area contributed by atoms with Gasteiger partial charge in [0.2, 0.25) is 11.2 Å². The number of hydrogen-bond donors (Lipinski definition) is 3.